The van der Waals surface area contributed by atoms with Crippen molar-refractivity contribution in [1.29, 1.82) is 0 Å². The molecule has 0 aromatic heterocycles. The molecule has 0 saturated heterocycles. The summed E-state index contributed by atoms with van der Waals surface area (Å²) in [4.78, 5) is 0. The molecule has 0 heterocycles. The lowest BCUT2D eigenvalue weighted by atomic mass is 9.75. The molecule has 100 valence electrons. The Morgan fingerprint density at radius 3 is 2.89 bits per heavy atom. The maximum atomic E-state index is 6.47. The second-order valence-electron chi connectivity index (χ2n) is 5.70. The Balaban J connectivity index is 2.15. The van der Waals surface area contributed by atoms with E-state index in [0.29, 0.717) is 5.92 Å². The normalized spacial score (nSPS) is 26.0. The predicted molar refractivity (Wildman–Crippen MR) is 78.9 cm³/mol. The average molecular weight is 266 g/mol. The van der Waals surface area contributed by atoms with Crippen LogP contribution in [0.3, 0.4) is 0 Å². The zero-order valence-electron chi connectivity index (χ0n) is 11.5. The van der Waals surface area contributed by atoms with E-state index in [0.717, 1.165) is 22.1 Å². The van der Waals surface area contributed by atoms with Gasteiger partial charge in [0.2, 0.25) is 0 Å². The van der Waals surface area contributed by atoms with Crippen LogP contribution in [0.4, 0.5) is 0 Å². The van der Waals surface area contributed by atoms with Crippen molar-refractivity contribution in [3.05, 3.63) is 34.3 Å². The maximum Gasteiger partial charge on any atom is 0.0483 e. The summed E-state index contributed by atoms with van der Waals surface area (Å²) in [6, 6.07) is 6.31. The van der Waals surface area contributed by atoms with Crippen LogP contribution in [0.15, 0.2) is 18.2 Å². The third-order valence-electron chi connectivity index (χ3n) is 4.49. The lowest BCUT2D eigenvalue weighted by Gasteiger charge is -2.33. The summed E-state index contributed by atoms with van der Waals surface area (Å²) in [5.41, 5.74) is 8.74. The highest BCUT2D eigenvalue weighted by atomic mass is 35.5. The molecule has 1 aliphatic carbocycles. The van der Waals surface area contributed by atoms with E-state index in [4.69, 9.17) is 17.3 Å². The Bertz CT molecular complexity index is 402. The zero-order valence-corrected chi connectivity index (χ0v) is 12.2. The highest BCUT2D eigenvalue weighted by Gasteiger charge is 2.27. The Labute approximate surface area is 116 Å². The van der Waals surface area contributed by atoms with Gasteiger partial charge in [-0.25, -0.2) is 0 Å². The first-order valence-corrected chi connectivity index (χ1v) is 7.51. The summed E-state index contributed by atoms with van der Waals surface area (Å²) in [5, 5.41) is 0.864. The van der Waals surface area contributed by atoms with Gasteiger partial charge in [-0.15, -0.1) is 0 Å². The van der Waals surface area contributed by atoms with E-state index in [9.17, 15) is 0 Å². The molecule has 0 radical (unpaired) electrons. The fourth-order valence-electron chi connectivity index (χ4n) is 3.21. The van der Waals surface area contributed by atoms with E-state index in [1.807, 2.05) is 13.0 Å². The fourth-order valence-corrected chi connectivity index (χ4v) is 3.46. The summed E-state index contributed by atoms with van der Waals surface area (Å²) in [7, 11) is 0. The van der Waals surface area contributed by atoms with Gasteiger partial charge in [-0.3, -0.25) is 0 Å². The van der Waals surface area contributed by atoms with E-state index in [1.165, 1.54) is 32.1 Å². The van der Waals surface area contributed by atoms with Gasteiger partial charge in [0.15, 0.2) is 0 Å². The van der Waals surface area contributed by atoms with Crippen molar-refractivity contribution in [2.75, 3.05) is 0 Å². The van der Waals surface area contributed by atoms with E-state index in [-0.39, 0.29) is 6.04 Å². The summed E-state index contributed by atoms with van der Waals surface area (Å²) in [6.45, 7) is 4.34. The Kier molecular flexibility index (Phi) is 4.69. The SMILES string of the molecule is CCC1CCCC(C(N)c2cccc(C)c2Cl)C1. The monoisotopic (exact) mass is 265 g/mol. The molecule has 3 atom stereocenters. The van der Waals surface area contributed by atoms with E-state index < -0.39 is 0 Å². The Morgan fingerprint density at radius 1 is 1.39 bits per heavy atom. The first-order valence-electron chi connectivity index (χ1n) is 7.14. The second-order valence-corrected chi connectivity index (χ2v) is 6.08. The molecule has 2 rings (SSSR count). The molecule has 1 aromatic rings. The molecule has 0 amide bonds. The van der Waals surface area contributed by atoms with Gasteiger partial charge in [0.1, 0.15) is 0 Å². The van der Waals surface area contributed by atoms with Crippen LogP contribution in [0.25, 0.3) is 0 Å². The van der Waals surface area contributed by atoms with Crippen molar-refractivity contribution in [2.24, 2.45) is 17.6 Å². The number of halogens is 1. The molecule has 0 bridgehead atoms. The summed E-state index contributed by atoms with van der Waals surface area (Å²) in [5.74, 6) is 1.46. The smallest absolute Gasteiger partial charge is 0.0483 e. The third-order valence-corrected chi connectivity index (χ3v) is 5.01. The molecule has 1 aromatic carbocycles. The number of aryl methyl sites for hydroxylation is 1. The van der Waals surface area contributed by atoms with Crippen LogP contribution in [-0.2, 0) is 0 Å². The highest BCUT2D eigenvalue weighted by molar-refractivity contribution is 6.32. The van der Waals surface area contributed by atoms with Gasteiger partial charge in [-0.1, -0.05) is 56.0 Å². The molecule has 0 aliphatic heterocycles. The molecule has 1 aliphatic rings. The second kappa shape index (κ2) is 6.08. The standard InChI is InChI=1S/C16H24ClN/c1-3-12-7-5-8-13(10-12)16(18)14-9-4-6-11(2)15(14)17/h4,6,9,12-13,16H,3,5,7-8,10,18H2,1-2H3. The van der Waals surface area contributed by atoms with Crippen LogP contribution in [-0.4, -0.2) is 0 Å². The Hall–Kier alpha value is -0.530. The topological polar surface area (TPSA) is 26.0 Å². The van der Waals surface area contributed by atoms with Crippen LogP contribution < -0.4 is 5.73 Å². The number of benzene rings is 1. The molecular weight excluding hydrogens is 242 g/mol. The Morgan fingerprint density at radius 2 is 2.17 bits per heavy atom. The number of nitrogens with two attached hydrogens (primary N) is 1. The highest BCUT2D eigenvalue weighted by Crippen LogP contribution is 2.39. The van der Waals surface area contributed by atoms with Crippen molar-refractivity contribution in [3.8, 4) is 0 Å². The van der Waals surface area contributed by atoms with Gasteiger partial charge in [-0.05, 0) is 42.7 Å². The molecule has 3 unspecified atom stereocenters. The van der Waals surface area contributed by atoms with Gasteiger partial charge >= 0.3 is 0 Å². The predicted octanol–water partition coefficient (Wildman–Crippen LogP) is 4.86. The van der Waals surface area contributed by atoms with E-state index in [1.54, 1.807) is 0 Å². The van der Waals surface area contributed by atoms with Gasteiger partial charge < -0.3 is 5.73 Å². The minimum atomic E-state index is 0.103. The van der Waals surface area contributed by atoms with E-state index in [2.05, 4.69) is 19.1 Å². The van der Waals surface area contributed by atoms with Crippen molar-refractivity contribution in [1.82, 2.24) is 0 Å². The van der Waals surface area contributed by atoms with Gasteiger partial charge in [0.25, 0.3) is 0 Å². The van der Waals surface area contributed by atoms with Crippen LogP contribution >= 0.6 is 11.6 Å². The first-order chi connectivity index (χ1) is 8.63. The molecule has 1 fully saturated rings. The van der Waals surface area contributed by atoms with Crippen molar-refractivity contribution in [3.63, 3.8) is 0 Å². The zero-order chi connectivity index (χ0) is 13.1. The number of rotatable bonds is 3. The molecule has 0 spiro atoms. The van der Waals surface area contributed by atoms with Crippen LogP contribution in [0, 0.1) is 18.8 Å². The van der Waals surface area contributed by atoms with Gasteiger partial charge in [0.05, 0.1) is 0 Å². The molecule has 2 heteroatoms. The molecule has 1 saturated carbocycles. The lowest BCUT2D eigenvalue weighted by Crippen LogP contribution is -2.27. The largest absolute Gasteiger partial charge is 0.324 e. The summed E-state index contributed by atoms with van der Waals surface area (Å²) < 4.78 is 0. The van der Waals surface area contributed by atoms with Crippen molar-refractivity contribution < 1.29 is 0 Å². The number of hydrogen-bond donors (Lipinski definition) is 1. The van der Waals surface area contributed by atoms with Crippen molar-refractivity contribution in [2.45, 2.75) is 52.0 Å². The lowest BCUT2D eigenvalue weighted by molar-refractivity contribution is 0.230. The molecule has 2 N–H and O–H groups in total. The van der Waals surface area contributed by atoms with Crippen LogP contribution in [0.2, 0.25) is 5.02 Å². The van der Waals surface area contributed by atoms with E-state index >= 15 is 0 Å². The third kappa shape index (κ3) is 2.89. The summed E-state index contributed by atoms with van der Waals surface area (Å²) in [6.07, 6.45) is 6.50. The number of hydrogen-bond acceptors (Lipinski definition) is 1. The average Bonchev–Trinajstić information content (AvgIpc) is 2.41. The first kappa shape index (κ1) is 13.9. The van der Waals surface area contributed by atoms with Crippen LogP contribution in [0.1, 0.15) is 56.2 Å². The van der Waals surface area contributed by atoms with Gasteiger partial charge in [-0.2, -0.15) is 0 Å². The molecule has 18 heavy (non-hydrogen) atoms. The van der Waals surface area contributed by atoms with Crippen molar-refractivity contribution >= 4 is 11.6 Å². The minimum Gasteiger partial charge on any atom is -0.324 e. The molecule has 1 nitrogen and oxygen atoms in total. The maximum absolute atomic E-state index is 6.47. The quantitative estimate of drug-likeness (QED) is 0.829. The molecular formula is C16H24ClN. The summed E-state index contributed by atoms with van der Waals surface area (Å²) >= 11 is 6.40. The van der Waals surface area contributed by atoms with Gasteiger partial charge in [0, 0.05) is 11.1 Å². The minimum absolute atomic E-state index is 0.103. The van der Waals surface area contributed by atoms with Crippen LogP contribution in [0.5, 0.6) is 0 Å². The fraction of sp³-hybridized carbons (Fsp3) is 0.625.